The minimum Gasteiger partial charge on any atom is -0.472 e. The third kappa shape index (κ3) is 2.49. The van der Waals surface area contributed by atoms with Gasteiger partial charge in [0.15, 0.2) is 5.65 Å². The summed E-state index contributed by atoms with van der Waals surface area (Å²) in [5.41, 5.74) is 2.78. The molecule has 1 fully saturated rings. The maximum Gasteiger partial charge on any atom is 0.165 e. The van der Waals surface area contributed by atoms with Gasteiger partial charge >= 0.3 is 0 Å². The second-order valence-corrected chi connectivity index (χ2v) is 5.96. The summed E-state index contributed by atoms with van der Waals surface area (Å²) in [4.78, 5) is 6.87. The molecule has 1 aliphatic rings. The maximum absolute atomic E-state index is 9.35. The molecule has 0 aliphatic carbocycles. The van der Waals surface area contributed by atoms with Crippen molar-refractivity contribution in [3.8, 4) is 11.1 Å². The van der Waals surface area contributed by atoms with Gasteiger partial charge in [-0.25, -0.2) is 4.98 Å². The van der Waals surface area contributed by atoms with E-state index >= 15 is 0 Å². The van der Waals surface area contributed by atoms with Crippen LogP contribution in [-0.4, -0.2) is 38.9 Å². The minimum atomic E-state index is 0.217. The van der Waals surface area contributed by atoms with Crippen molar-refractivity contribution in [2.24, 2.45) is 0 Å². The fraction of sp³-hybridized carbons (Fsp3) is 0.412. The molecule has 0 aromatic carbocycles. The molecule has 1 N–H and O–H groups in total. The lowest BCUT2D eigenvalue weighted by Crippen LogP contribution is -2.41. The molecular formula is C17H20N4O2. The van der Waals surface area contributed by atoms with Crippen LogP contribution in [0.1, 0.15) is 25.7 Å². The molecule has 0 spiro atoms. The average molecular weight is 312 g/mol. The van der Waals surface area contributed by atoms with Crippen molar-refractivity contribution < 1.29 is 9.52 Å². The van der Waals surface area contributed by atoms with Gasteiger partial charge in [-0.2, -0.15) is 9.61 Å². The van der Waals surface area contributed by atoms with Crippen molar-refractivity contribution in [1.82, 2.24) is 14.6 Å². The standard InChI is InChI=1S/C17H20N4O2/c22-9-5-14-3-1-2-8-20(14)16-4-7-18-17-15(11-19-21(16)17)13-6-10-23-12-13/h4,6-7,10-12,14,22H,1-3,5,8-9H2. The van der Waals surface area contributed by atoms with E-state index in [1.54, 1.807) is 12.5 Å². The lowest BCUT2D eigenvalue weighted by Gasteiger charge is -2.37. The first kappa shape index (κ1) is 14.3. The summed E-state index contributed by atoms with van der Waals surface area (Å²) in [6, 6.07) is 4.29. The predicted octanol–water partition coefficient (Wildman–Crippen LogP) is 2.73. The summed E-state index contributed by atoms with van der Waals surface area (Å²) in [6.45, 7) is 1.21. The van der Waals surface area contributed by atoms with Gasteiger partial charge in [0.05, 0.1) is 18.7 Å². The number of rotatable bonds is 4. The van der Waals surface area contributed by atoms with E-state index in [9.17, 15) is 5.11 Å². The van der Waals surface area contributed by atoms with Gasteiger partial charge in [-0.1, -0.05) is 0 Å². The van der Waals surface area contributed by atoms with Crippen LogP contribution in [0.15, 0.2) is 41.5 Å². The molecule has 0 bridgehead atoms. The monoisotopic (exact) mass is 312 g/mol. The van der Waals surface area contributed by atoms with Gasteiger partial charge in [-0.05, 0) is 37.8 Å². The number of hydrogen-bond donors (Lipinski definition) is 1. The molecule has 4 rings (SSSR count). The van der Waals surface area contributed by atoms with Crippen molar-refractivity contribution in [3.63, 3.8) is 0 Å². The lowest BCUT2D eigenvalue weighted by atomic mass is 10.00. The molecule has 0 amide bonds. The minimum absolute atomic E-state index is 0.217. The molecule has 1 atom stereocenters. The number of nitrogens with zero attached hydrogens (tertiary/aromatic N) is 4. The SMILES string of the molecule is OCCC1CCCCN1c1ccnc2c(-c3ccoc3)cnn12. The van der Waals surface area contributed by atoms with E-state index < -0.39 is 0 Å². The van der Waals surface area contributed by atoms with E-state index in [2.05, 4.69) is 15.0 Å². The van der Waals surface area contributed by atoms with Crippen molar-refractivity contribution in [2.45, 2.75) is 31.7 Å². The number of furan rings is 1. The number of hydrogen-bond acceptors (Lipinski definition) is 5. The van der Waals surface area contributed by atoms with Gasteiger partial charge in [0, 0.05) is 36.5 Å². The highest BCUT2D eigenvalue weighted by Gasteiger charge is 2.25. The van der Waals surface area contributed by atoms with E-state index in [0.717, 1.165) is 42.0 Å². The normalized spacial score (nSPS) is 18.7. The number of fused-ring (bicyclic) bond motifs is 1. The molecule has 1 aliphatic heterocycles. The van der Waals surface area contributed by atoms with Gasteiger partial charge in [-0.15, -0.1) is 0 Å². The Balaban J connectivity index is 1.78. The van der Waals surface area contributed by atoms with Crippen molar-refractivity contribution in [1.29, 1.82) is 0 Å². The Hall–Kier alpha value is -2.34. The van der Waals surface area contributed by atoms with Crippen LogP contribution >= 0.6 is 0 Å². The number of piperidine rings is 1. The summed E-state index contributed by atoms with van der Waals surface area (Å²) in [6.07, 6.45) is 11.3. The summed E-state index contributed by atoms with van der Waals surface area (Å²) in [7, 11) is 0. The Morgan fingerprint density at radius 3 is 3.09 bits per heavy atom. The van der Waals surface area contributed by atoms with E-state index in [1.807, 2.05) is 29.0 Å². The second kappa shape index (κ2) is 6.04. The second-order valence-electron chi connectivity index (χ2n) is 5.96. The molecule has 23 heavy (non-hydrogen) atoms. The van der Waals surface area contributed by atoms with Crippen LogP contribution in [0.2, 0.25) is 0 Å². The van der Waals surface area contributed by atoms with Crippen molar-refractivity contribution in [2.75, 3.05) is 18.1 Å². The molecule has 120 valence electrons. The first-order valence-corrected chi connectivity index (χ1v) is 8.11. The van der Waals surface area contributed by atoms with Crippen LogP contribution < -0.4 is 4.90 Å². The Kier molecular flexibility index (Phi) is 3.75. The Bertz CT molecular complexity index is 779. The Morgan fingerprint density at radius 2 is 2.26 bits per heavy atom. The lowest BCUT2D eigenvalue weighted by molar-refractivity contribution is 0.262. The summed E-state index contributed by atoms with van der Waals surface area (Å²) >= 11 is 0. The molecular weight excluding hydrogens is 292 g/mol. The fourth-order valence-electron chi connectivity index (χ4n) is 3.47. The maximum atomic E-state index is 9.35. The summed E-state index contributed by atoms with van der Waals surface area (Å²) in [5, 5.41) is 13.9. The van der Waals surface area contributed by atoms with E-state index in [0.29, 0.717) is 6.04 Å². The predicted molar refractivity (Wildman–Crippen MR) is 87.4 cm³/mol. The Labute approximate surface area is 134 Å². The van der Waals surface area contributed by atoms with Gasteiger partial charge < -0.3 is 14.4 Å². The van der Waals surface area contributed by atoms with Gasteiger partial charge in [0.1, 0.15) is 5.82 Å². The first-order valence-electron chi connectivity index (χ1n) is 8.11. The zero-order chi connectivity index (χ0) is 15.6. The zero-order valence-electron chi connectivity index (χ0n) is 12.9. The molecule has 3 aromatic rings. The van der Waals surface area contributed by atoms with Crippen LogP contribution in [0.5, 0.6) is 0 Å². The van der Waals surface area contributed by atoms with E-state index in [-0.39, 0.29) is 6.61 Å². The van der Waals surface area contributed by atoms with Crippen LogP contribution in [0.4, 0.5) is 5.82 Å². The van der Waals surface area contributed by atoms with E-state index in [1.165, 1.54) is 12.8 Å². The fourth-order valence-corrected chi connectivity index (χ4v) is 3.47. The molecule has 3 aromatic heterocycles. The van der Waals surface area contributed by atoms with Crippen LogP contribution in [0.25, 0.3) is 16.8 Å². The number of aliphatic hydroxyl groups excluding tert-OH is 1. The van der Waals surface area contributed by atoms with Crippen molar-refractivity contribution in [3.05, 3.63) is 37.1 Å². The quantitative estimate of drug-likeness (QED) is 0.802. The largest absolute Gasteiger partial charge is 0.472 e. The Morgan fingerprint density at radius 1 is 1.30 bits per heavy atom. The highest BCUT2D eigenvalue weighted by Crippen LogP contribution is 2.30. The highest BCUT2D eigenvalue weighted by molar-refractivity contribution is 5.77. The molecule has 0 radical (unpaired) electrons. The molecule has 1 saturated heterocycles. The third-order valence-corrected chi connectivity index (χ3v) is 4.60. The number of anilines is 1. The van der Waals surface area contributed by atoms with E-state index in [4.69, 9.17) is 4.42 Å². The van der Waals surface area contributed by atoms with Crippen molar-refractivity contribution >= 4 is 11.5 Å². The summed E-state index contributed by atoms with van der Waals surface area (Å²) in [5.74, 6) is 1.04. The third-order valence-electron chi connectivity index (χ3n) is 4.60. The summed E-state index contributed by atoms with van der Waals surface area (Å²) < 4.78 is 7.08. The van der Waals surface area contributed by atoms with Gasteiger partial charge in [-0.3, -0.25) is 0 Å². The number of aliphatic hydroxyl groups is 1. The first-order chi connectivity index (χ1) is 11.4. The topological polar surface area (TPSA) is 66.8 Å². The van der Waals surface area contributed by atoms with Gasteiger partial charge in [0.2, 0.25) is 0 Å². The molecule has 6 nitrogen and oxygen atoms in total. The molecule has 0 saturated carbocycles. The van der Waals surface area contributed by atoms with Crippen LogP contribution in [-0.2, 0) is 0 Å². The smallest absolute Gasteiger partial charge is 0.165 e. The van der Waals surface area contributed by atoms with Gasteiger partial charge in [0.25, 0.3) is 0 Å². The van der Waals surface area contributed by atoms with Crippen LogP contribution in [0, 0.1) is 0 Å². The van der Waals surface area contributed by atoms with Crippen LogP contribution in [0.3, 0.4) is 0 Å². The average Bonchev–Trinajstić information content (AvgIpc) is 3.24. The molecule has 1 unspecified atom stereocenters. The number of aromatic nitrogens is 3. The molecule has 6 heteroatoms. The zero-order valence-corrected chi connectivity index (χ0v) is 12.9. The molecule has 4 heterocycles. The highest BCUT2D eigenvalue weighted by atomic mass is 16.3.